The summed E-state index contributed by atoms with van der Waals surface area (Å²) in [5.41, 5.74) is 3.51. The summed E-state index contributed by atoms with van der Waals surface area (Å²) in [5.74, 6) is 0.202. The first-order valence-corrected chi connectivity index (χ1v) is 12.3. The number of aliphatic hydroxyl groups is 1. The van der Waals surface area contributed by atoms with Crippen LogP contribution in [0.1, 0.15) is 87.0 Å². The average molecular weight is 472 g/mol. The van der Waals surface area contributed by atoms with Crippen molar-refractivity contribution in [1.29, 1.82) is 0 Å². The highest BCUT2D eigenvalue weighted by Gasteiger charge is 2.32. The smallest absolute Gasteiger partial charge is 0.264 e. The Bertz CT molecular complexity index is 1210. The number of benzene rings is 2. The molecule has 1 aliphatic carbocycles. The van der Waals surface area contributed by atoms with Gasteiger partial charge < -0.3 is 14.6 Å². The molecule has 182 valence electrons. The molecule has 7 heteroatoms. The van der Waals surface area contributed by atoms with Gasteiger partial charge in [0.25, 0.3) is 6.43 Å². The van der Waals surface area contributed by atoms with Gasteiger partial charge in [-0.3, -0.25) is 0 Å². The number of anilines is 1. The number of aliphatic hydroxyl groups excluding tert-OH is 1. The van der Waals surface area contributed by atoms with Gasteiger partial charge in [0.05, 0.1) is 11.0 Å². The Labute approximate surface area is 198 Å². The molecule has 1 fully saturated rings. The van der Waals surface area contributed by atoms with Crippen LogP contribution < -0.4 is 4.90 Å². The lowest BCUT2D eigenvalue weighted by atomic mass is 9.86. The second kappa shape index (κ2) is 8.91. The Kier molecular flexibility index (Phi) is 6.09. The first kappa shape index (κ1) is 23.2. The van der Waals surface area contributed by atoms with E-state index in [1.807, 2.05) is 6.07 Å². The summed E-state index contributed by atoms with van der Waals surface area (Å²) in [6.45, 7) is 4.42. The number of aromatic nitrogens is 2. The number of aryl methyl sites for hydroxylation is 1. The zero-order chi connectivity index (χ0) is 24.1. The first-order chi connectivity index (χ1) is 16.3. The third kappa shape index (κ3) is 3.88. The van der Waals surface area contributed by atoms with Crippen molar-refractivity contribution in [2.24, 2.45) is 5.92 Å². The van der Waals surface area contributed by atoms with Gasteiger partial charge in [0.1, 0.15) is 17.7 Å². The van der Waals surface area contributed by atoms with Crippen LogP contribution in [0.2, 0.25) is 0 Å². The van der Waals surface area contributed by atoms with Crippen molar-refractivity contribution < 1.29 is 18.3 Å². The van der Waals surface area contributed by atoms with Crippen molar-refractivity contribution in [3.8, 4) is 0 Å². The third-order valence-corrected chi connectivity index (χ3v) is 7.92. The van der Waals surface area contributed by atoms with Crippen LogP contribution in [-0.4, -0.2) is 27.7 Å². The van der Waals surface area contributed by atoms with Crippen LogP contribution in [-0.2, 0) is 6.42 Å². The van der Waals surface area contributed by atoms with E-state index in [-0.39, 0.29) is 17.2 Å². The molecule has 0 amide bonds. The molecule has 1 saturated carbocycles. The van der Waals surface area contributed by atoms with Crippen molar-refractivity contribution >= 4 is 16.7 Å². The molecule has 1 N–H and O–H groups in total. The molecule has 4 atom stereocenters. The van der Waals surface area contributed by atoms with E-state index in [0.29, 0.717) is 17.8 Å². The van der Waals surface area contributed by atoms with Gasteiger partial charge in [-0.2, -0.15) is 0 Å². The Morgan fingerprint density at radius 1 is 1.06 bits per heavy atom. The van der Waals surface area contributed by atoms with Crippen molar-refractivity contribution in [2.75, 3.05) is 11.9 Å². The van der Waals surface area contributed by atoms with E-state index in [1.165, 1.54) is 0 Å². The highest BCUT2D eigenvalue weighted by atomic mass is 19.3. The van der Waals surface area contributed by atoms with Gasteiger partial charge in [-0.15, -0.1) is 0 Å². The zero-order valence-electron chi connectivity index (χ0n) is 19.9. The molecular weight excluding hydrogens is 439 g/mol. The predicted molar refractivity (Wildman–Crippen MR) is 128 cm³/mol. The maximum Gasteiger partial charge on any atom is 0.264 e. The Morgan fingerprint density at radius 3 is 2.59 bits per heavy atom. The van der Waals surface area contributed by atoms with E-state index in [2.05, 4.69) is 36.4 Å². The van der Waals surface area contributed by atoms with Crippen LogP contribution in [0.3, 0.4) is 0 Å². The summed E-state index contributed by atoms with van der Waals surface area (Å²) in [6.07, 6.45) is 1.69. The molecule has 4 nitrogen and oxygen atoms in total. The summed E-state index contributed by atoms with van der Waals surface area (Å²) in [7, 11) is 2.08. The fraction of sp³-hybridized carbons (Fsp3) is 0.519. The molecule has 2 aliphatic rings. The fourth-order valence-corrected chi connectivity index (χ4v) is 5.92. The van der Waals surface area contributed by atoms with Crippen LogP contribution in [0.25, 0.3) is 11.0 Å². The van der Waals surface area contributed by atoms with Crippen LogP contribution in [0, 0.1) is 11.7 Å². The molecule has 5 rings (SSSR count). The largest absolute Gasteiger partial charge is 0.380 e. The van der Waals surface area contributed by atoms with Crippen molar-refractivity contribution in [3.63, 3.8) is 0 Å². The third-order valence-electron chi connectivity index (χ3n) is 7.92. The van der Waals surface area contributed by atoms with Gasteiger partial charge in [0, 0.05) is 35.9 Å². The summed E-state index contributed by atoms with van der Waals surface area (Å²) in [5, 5.41) is 11.4. The number of rotatable bonds is 4. The number of imidazole rings is 1. The van der Waals surface area contributed by atoms with Gasteiger partial charge in [-0.25, -0.2) is 18.2 Å². The van der Waals surface area contributed by atoms with Gasteiger partial charge in [0.15, 0.2) is 0 Å². The maximum absolute atomic E-state index is 14.1. The number of halogens is 3. The lowest BCUT2D eigenvalue weighted by Gasteiger charge is -2.34. The van der Waals surface area contributed by atoms with Crippen molar-refractivity contribution in [1.82, 2.24) is 9.55 Å². The number of nitrogens with zero attached hydrogens (tertiary/aromatic N) is 3. The molecule has 1 aliphatic heterocycles. The molecule has 3 aromatic rings. The Hall–Kier alpha value is -2.54. The monoisotopic (exact) mass is 471 g/mol. The first-order valence-electron chi connectivity index (χ1n) is 12.3. The SMILES string of the molecule is CC1CCCC(n2c(C(O)c3cc(F)ccc3C(F)F)nc3c4c(ccc32)N(C)C(C)CC4)C1. The molecule has 0 saturated heterocycles. The fourth-order valence-electron chi connectivity index (χ4n) is 5.92. The van der Waals surface area contributed by atoms with Crippen LogP contribution in [0.4, 0.5) is 18.9 Å². The molecular formula is C27H32F3N3O. The van der Waals surface area contributed by atoms with Gasteiger partial charge >= 0.3 is 0 Å². The number of hydrogen-bond acceptors (Lipinski definition) is 3. The minimum absolute atomic E-state index is 0.111. The maximum atomic E-state index is 14.1. The summed E-state index contributed by atoms with van der Waals surface area (Å²) >= 11 is 0. The normalized spacial score (nSPS) is 24.0. The highest BCUT2D eigenvalue weighted by Crippen LogP contribution is 2.42. The van der Waals surface area contributed by atoms with E-state index >= 15 is 0 Å². The second-order valence-corrected chi connectivity index (χ2v) is 10.2. The van der Waals surface area contributed by atoms with E-state index in [1.54, 1.807) is 0 Å². The standard InChI is InChI=1S/C27H32F3N3O/c1-15-5-4-6-18(13-15)33-23-12-11-22-20(9-7-16(2)32(22)3)24(23)31-27(33)25(34)21-14-17(28)8-10-19(21)26(29)30/h8,10-12,14-16,18,25-26,34H,4-7,9,13H2,1-3H3. The number of alkyl halides is 2. The topological polar surface area (TPSA) is 41.3 Å². The second-order valence-electron chi connectivity index (χ2n) is 10.2. The molecule has 1 aromatic heterocycles. The lowest BCUT2D eigenvalue weighted by molar-refractivity contribution is 0.140. The number of fused-ring (bicyclic) bond motifs is 3. The highest BCUT2D eigenvalue weighted by molar-refractivity contribution is 5.86. The molecule has 34 heavy (non-hydrogen) atoms. The molecule has 4 unspecified atom stereocenters. The van der Waals surface area contributed by atoms with Crippen LogP contribution >= 0.6 is 0 Å². The Morgan fingerprint density at radius 2 is 1.85 bits per heavy atom. The van der Waals surface area contributed by atoms with E-state index in [9.17, 15) is 18.3 Å². The van der Waals surface area contributed by atoms with Gasteiger partial charge in [-0.1, -0.05) is 25.8 Å². The van der Waals surface area contributed by atoms with Crippen molar-refractivity contribution in [2.45, 2.75) is 77.0 Å². The molecule has 0 radical (unpaired) electrons. The van der Waals surface area contributed by atoms with Crippen LogP contribution in [0.5, 0.6) is 0 Å². The van der Waals surface area contributed by atoms with E-state index < -0.39 is 18.3 Å². The van der Waals surface area contributed by atoms with E-state index in [4.69, 9.17) is 4.98 Å². The predicted octanol–water partition coefficient (Wildman–Crippen LogP) is 6.72. The summed E-state index contributed by atoms with van der Waals surface area (Å²) in [4.78, 5) is 7.16. The van der Waals surface area contributed by atoms with E-state index in [0.717, 1.165) is 79.0 Å². The molecule has 2 aromatic carbocycles. The molecule has 0 bridgehead atoms. The lowest BCUT2D eigenvalue weighted by Crippen LogP contribution is -2.33. The van der Waals surface area contributed by atoms with Gasteiger partial charge in [-0.05, 0) is 68.4 Å². The van der Waals surface area contributed by atoms with Crippen LogP contribution in [0.15, 0.2) is 30.3 Å². The zero-order valence-corrected chi connectivity index (χ0v) is 19.9. The summed E-state index contributed by atoms with van der Waals surface area (Å²) < 4.78 is 43.7. The molecule has 0 spiro atoms. The number of hydrogen-bond donors (Lipinski definition) is 1. The minimum atomic E-state index is -2.82. The Balaban J connectivity index is 1.72. The average Bonchev–Trinajstić information content (AvgIpc) is 3.20. The van der Waals surface area contributed by atoms with Gasteiger partial charge in [0.2, 0.25) is 0 Å². The quantitative estimate of drug-likeness (QED) is 0.459. The summed E-state index contributed by atoms with van der Waals surface area (Å²) in [6, 6.07) is 7.77. The molecule has 2 heterocycles. The van der Waals surface area contributed by atoms with Crippen molar-refractivity contribution in [3.05, 3.63) is 58.7 Å². The minimum Gasteiger partial charge on any atom is -0.380 e.